The van der Waals surface area contributed by atoms with Crippen LogP contribution < -0.4 is 5.32 Å². The molecule has 0 aromatic rings. The second kappa shape index (κ2) is 6.20. The molecule has 2 nitrogen and oxygen atoms in total. The molecule has 1 N–H and O–H groups in total. The van der Waals surface area contributed by atoms with E-state index >= 15 is 0 Å². The second-order valence-electron chi connectivity index (χ2n) is 3.14. The average Bonchev–Trinajstić information content (AvgIpc) is 1.97. The second-order valence-corrected chi connectivity index (χ2v) is 3.14. The van der Waals surface area contributed by atoms with Crippen LogP contribution in [0, 0.1) is 12.8 Å². The molecule has 0 saturated carbocycles. The molecule has 11 heavy (non-hydrogen) atoms. The highest BCUT2D eigenvalue weighted by Crippen LogP contribution is 2.01. The molecule has 0 bridgehead atoms. The van der Waals surface area contributed by atoms with Gasteiger partial charge >= 0.3 is 0 Å². The summed E-state index contributed by atoms with van der Waals surface area (Å²) in [5.41, 5.74) is 0. The summed E-state index contributed by atoms with van der Waals surface area (Å²) in [6.07, 6.45) is 2.60. The van der Waals surface area contributed by atoms with Crippen LogP contribution in [-0.4, -0.2) is 12.5 Å². The zero-order valence-corrected chi connectivity index (χ0v) is 7.52. The maximum Gasteiger partial charge on any atom is 0.219 e. The van der Waals surface area contributed by atoms with Gasteiger partial charge in [0.25, 0.3) is 0 Å². The molecule has 0 heterocycles. The van der Waals surface area contributed by atoms with E-state index in [2.05, 4.69) is 26.1 Å². The Kier molecular flexibility index (Phi) is 5.90. The summed E-state index contributed by atoms with van der Waals surface area (Å²) in [5, 5.41) is 2.79. The lowest BCUT2D eigenvalue weighted by molar-refractivity contribution is -0.120. The van der Waals surface area contributed by atoms with E-state index in [1.165, 1.54) is 6.42 Å². The van der Waals surface area contributed by atoms with Gasteiger partial charge in [0.2, 0.25) is 5.91 Å². The van der Waals surface area contributed by atoms with Gasteiger partial charge in [-0.15, -0.1) is 0 Å². The maximum atomic E-state index is 10.7. The SMILES string of the molecule is [CH2]CC(=O)NCCCC(C)C. The van der Waals surface area contributed by atoms with Crippen LogP contribution in [0.25, 0.3) is 0 Å². The van der Waals surface area contributed by atoms with Crippen molar-refractivity contribution in [3.63, 3.8) is 0 Å². The number of nitrogens with one attached hydrogen (secondary N) is 1. The minimum Gasteiger partial charge on any atom is -0.356 e. The Morgan fingerprint density at radius 1 is 1.55 bits per heavy atom. The molecule has 65 valence electrons. The lowest BCUT2D eigenvalue weighted by Crippen LogP contribution is -2.23. The Balaban J connectivity index is 3.08. The maximum absolute atomic E-state index is 10.7. The molecule has 0 aliphatic rings. The highest BCUT2D eigenvalue weighted by Gasteiger charge is 1.96. The summed E-state index contributed by atoms with van der Waals surface area (Å²) in [6.45, 7) is 8.65. The molecular weight excluding hydrogens is 138 g/mol. The molecule has 1 amide bonds. The van der Waals surface area contributed by atoms with Gasteiger partial charge in [-0.2, -0.15) is 0 Å². The van der Waals surface area contributed by atoms with E-state index in [0.29, 0.717) is 6.42 Å². The minimum atomic E-state index is 0.0498. The fraction of sp³-hybridized carbons (Fsp3) is 0.778. The van der Waals surface area contributed by atoms with Gasteiger partial charge in [-0.05, 0) is 25.7 Å². The molecule has 0 aromatic heterocycles. The van der Waals surface area contributed by atoms with Crippen LogP contribution in [0.3, 0.4) is 0 Å². The van der Waals surface area contributed by atoms with E-state index < -0.39 is 0 Å². The molecule has 0 unspecified atom stereocenters. The van der Waals surface area contributed by atoms with Crippen LogP contribution in [0.2, 0.25) is 0 Å². The van der Waals surface area contributed by atoms with Crippen molar-refractivity contribution in [2.24, 2.45) is 5.92 Å². The van der Waals surface area contributed by atoms with Gasteiger partial charge in [-0.25, -0.2) is 0 Å². The van der Waals surface area contributed by atoms with E-state index in [-0.39, 0.29) is 5.91 Å². The first-order chi connectivity index (χ1) is 5.16. The van der Waals surface area contributed by atoms with Gasteiger partial charge in [-0.1, -0.05) is 13.8 Å². The van der Waals surface area contributed by atoms with E-state index in [0.717, 1.165) is 18.9 Å². The summed E-state index contributed by atoms with van der Waals surface area (Å²) in [5.74, 6) is 0.778. The van der Waals surface area contributed by atoms with E-state index in [9.17, 15) is 4.79 Å². The summed E-state index contributed by atoms with van der Waals surface area (Å²) in [7, 11) is 0. The number of amides is 1. The standard InChI is InChI=1S/C9H18NO/c1-4-9(11)10-7-5-6-8(2)3/h8H,1,4-7H2,2-3H3,(H,10,11). The summed E-state index contributed by atoms with van der Waals surface area (Å²) >= 11 is 0. The van der Waals surface area contributed by atoms with Crippen LogP contribution in [0.15, 0.2) is 0 Å². The lowest BCUT2D eigenvalue weighted by Gasteiger charge is -2.04. The third-order valence-corrected chi connectivity index (χ3v) is 1.51. The number of hydrogen-bond donors (Lipinski definition) is 1. The fourth-order valence-corrected chi connectivity index (χ4v) is 0.827. The number of rotatable bonds is 5. The molecule has 2 heteroatoms. The fourth-order valence-electron chi connectivity index (χ4n) is 0.827. The molecule has 0 aromatic carbocycles. The van der Waals surface area contributed by atoms with Crippen LogP contribution >= 0.6 is 0 Å². The monoisotopic (exact) mass is 156 g/mol. The Morgan fingerprint density at radius 2 is 2.18 bits per heavy atom. The van der Waals surface area contributed by atoms with Gasteiger partial charge < -0.3 is 5.32 Å². The van der Waals surface area contributed by atoms with Crippen molar-refractivity contribution in [3.05, 3.63) is 6.92 Å². The van der Waals surface area contributed by atoms with Crippen molar-refractivity contribution >= 4 is 5.91 Å². The molecule has 0 aliphatic carbocycles. The zero-order chi connectivity index (χ0) is 8.69. The summed E-state index contributed by atoms with van der Waals surface area (Å²) in [4.78, 5) is 10.7. The molecule has 0 rings (SSSR count). The molecule has 0 spiro atoms. The minimum absolute atomic E-state index is 0.0498. The third-order valence-electron chi connectivity index (χ3n) is 1.51. The molecular formula is C9H18NO. The van der Waals surface area contributed by atoms with Crippen molar-refractivity contribution < 1.29 is 4.79 Å². The van der Waals surface area contributed by atoms with Crippen LogP contribution in [0.1, 0.15) is 33.1 Å². The van der Waals surface area contributed by atoms with Gasteiger partial charge in [-0.3, -0.25) is 4.79 Å². The van der Waals surface area contributed by atoms with Crippen molar-refractivity contribution in [3.8, 4) is 0 Å². The lowest BCUT2D eigenvalue weighted by atomic mass is 10.1. The van der Waals surface area contributed by atoms with Crippen LogP contribution in [0.5, 0.6) is 0 Å². The molecule has 1 radical (unpaired) electrons. The van der Waals surface area contributed by atoms with Gasteiger partial charge in [0.05, 0.1) is 0 Å². The van der Waals surface area contributed by atoms with Gasteiger partial charge in [0, 0.05) is 13.0 Å². The predicted octanol–water partition coefficient (Wildman–Crippen LogP) is 1.76. The largest absolute Gasteiger partial charge is 0.356 e. The molecule has 0 saturated heterocycles. The average molecular weight is 156 g/mol. The molecule has 0 atom stereocenters. The number of carbonyl (C=O) groups is 1. The zero-order valence-electron chi connectivity index (χ0n) is 7.52. The Bertz CT molecular complexity index is 110. The third kappa shape index (κ3) is 7.37. The normalized spacial score (nSPS) is 10.2. The molecule has 0 aliphatic heterocycles. The van der Waals surface area contributed by atoms with E-state index in [4.69, 9.17) is 0 Å². The highest BCUT2D eigenvalue weighted by molar-refractivity contribution is 5.76. The quantitative estimate of drug-likeness (QED) is 0.604. The summed E-state index contributed by atoms with van der Waals surface area (Å²) < 4.78 is 0. The van der Waals surface area contributed by atoms with Crippen LogP contribution in [0.4, 0.5) is 0 Å². The van der Waals surface area contributed by atoms with E-state index in [1.807, 2.05) is 0 Å². The van der Waals surface area contributed by atoms with Crippen molar-refractivity contribution in [1.29, 1.82) is 0 Å². The number of hydrogen-bond acceptors (Lipinski definition) is 1. The Hall–Kier alpha value is -0.530. The van der Waals surface area contributed by atoms with Crippen molar-refractivity contribution in [2.75, 3.05) is 6.54 Å². The van der Waals surface area contributed by atoms with Gasteiger partial charge in [0.15, 0.2) is 0 Å². The molecule has 0 fully saturated rings. The predicted molar refractivity (Wildman–Crippen MR) is 47.1 cm³/mol. The summed E-state index contributed by atoms with van der Waals surface area (Å²) in [6, 6.07) is 0. The first-order valence-electron chi connectivity index (χ1n) is 4.22. The Morgan fingerprint density at radius 3 is 2.64 bits per heavy atom. The smallest absolute Gasteiger partial charge is 0.219 e. The van der Waals surface area contributed by atoms with Gasteiger partial charge in [0.1, 0.15) is 0 Å². The van der Waals surface area contributed by atoms with Crippen LogP contribution in [-0.2, 0) is 4.79 Å². The first kappa shape index (κ1) is 10.5. The van der Waals surface area contributed by atoms with Crippen molar-refractivity contribution in [2.45, 2.75) is 33.1 Å². The van der Waals surface area contributed by atoms with E-state index in [1.54, 1.807) is 0 Å². The first-order valence-corrected chi connectivity index (χ1v) is 4.22. The topological polar surface area (TPSA) is 29.1 Å². The number of carbonyl (C=O) groups excluding carboxylic acids is 1. The Labute approximate surface area is 69.4 Å². The highest BCUT2D eigenvalue weighted by atomic mass is 16.1. The van der Waals surface area contributed by atoms with Crippen molar-refractivity contribution in [1.82, 2.24) is 5.32 Å².